The third kappa shape index (κ3) is 2.64. The molecule has 0 aliphatic carbocycles. The van der Waals surface area contributed by atoms with Crippen LogP contribution >= 0.6 is 0 Å². The third-order valence-corrected chi connectivity index (χ3v) is 3.70. The molecule has 6 nitrogen and oxygen atoms in total. The lowest BCUT2D eigenvalue weighted by Gasteiger charge is -2.33. The van der Waals surface area contributed by atoms with E-state index in [-0.39, 0.29) is 5.69 Å². The number of rotatable bonds is 3. The van der Waals surface area contributed by atoms with E-state index in [2.05, 4.69) is 32.5 Å². The minimum atomic E-state index is -0.164. The van der Waals surface area contributed by atoms with Crippen LogP contribution in [0.2, 0.25) is 0 Å². The van der Waals surface area contributed by atoms with Crippen molar-refractivity contribution in [3.05, 3.63) is 28.7 Å². The van der Waals surface area contributed by atoms with Gasteiger partial charge in [-0.3, -0.25) is 4.90 Å². The molecular formula is C13H19N5O. The van der Waals surface area contributed by atoms with Crippen LogP contribution in [0.1, 0.15) is 0 Å². The molecule has 3 rings (SSSR count). The zero-order valence-corrected chi connectivity index (χ0v) is 11.0. The monoisotopic (exact) mass is 261 g/mol. The number of benzene rings is 1. The SMILES string of the molecule is CN1CCNCC1CNc1ccc2[nH]c(=O)[nH]c2c1. The van der Waals surface area contributed by atoms with Crippen LogP contribution in [0.5, 0.6) is 0 Å². The van der Waals surface area contributed by atoms with Crippen LogP contribution in [0.25, 0.3) is 11.0 Å². The molecular weight excluding hydrogens is 242 g/mol. The van der Waals surface area contributed by atoms with Crippen LogP contribution in [0.4, 0.5) is 5.69 Å². The zero-order valence-electron chi connectivity index (χ0n) is 11.0. The summed E-state index contributed by atoms with van der Waals surface area (Å²) >= 11 is 0. The summed E-state index contributed by atoms with van der Waals surface area (Å²) in [4.78, 5) is 19.1. The Morgan fingerprint density at radius 1 is 1.37 bits per heavy atom. The Kier molecular flexibility index (Phi) is 3.27. The molecule has 0 spiro atoms. The molecule has 1 aliphatic rings. The molecule has 2 heterocycles. The predicted octanol–water partition coefficient (Wildman–Crippen LogP) is 0.172. The second-order valence-electron chi connectivity index (χ2n) is 5.06. The number of anilines is 1. The van der Waals surface area contributed by atoms with Gasteiger partial charge in [-0.15, -0.1) is 0 Å². The van der Waals surface area contributed by atoms with Crippen molar-refractivity contribution in [2.24, 2.45) is 0 Å². The van der Waals surface area contributed by atoms with Crippen molar-refractivity contribution >= 4 is 16.7 Å². The van der Waals surface area contributed by atoms with Crippen LogP contribution in [-0.4, -0.2) is 54.1 Å². The standard InChI is InChI=1S/C13H19N5O/c1-18-5-4-14-7-10(18)8-15-9-2-3-11-12(6-9)17-13(19)16-11/h2-3,6,10,14-15H,4-5,7-8H2,1H3,(H2,16,17,19). The number of likely N-dealkylation sites (N-methyl/N-ethyl adjacent to an activating group) is 1. The molecule has 1 aromatic carbocycles. The fourth-order valence-corrected chi connectivity index (χ4v) is 2.47. The first-order valence-electron chi connectivity index (χ1n) is 6.59. The number of aromatic amines is 2. The van der Waals surface area contributed by atoms with E-state index in [0.29, 0.717) is 6.04 Å². The summed E-state index contributed by atoms with van der Waals surface area (Å²) in [6.45, 7) is 4.04. The molecule has 0 amide bonds. The second kappa shape index (κ2) is 5.07. The molecule has 19 heavy (non-hydrogen) atoms. The topological polar surface area (TPSA) is 75.9 Å². The van der Waals surface area contributed by atoms with E-state index in [9.17, 15) is 4.79 Å². The van der Waals surface area contributed by atoms with Gasteiger partial charge in [0, 0.05) is 37.9 Å². The van der Waals surface area contributed by atoms with E-state index >= 15 is 0 Å². The summed E-state index contributed by atoms with van der Waals surface area (Å²) in [5.74, 6) is 0. The molecule has 1 aliphatic heterocycles. The molecule has 0 radical (unpaired) electrons. The Balaban J connectivity index is 1.69. The molecule has 1 aromatic heterocycles. The van der Waals surface area contributed by atoms with Crippen molar-refractivity contribution in [3.63, 3.8) is 0 Å². The van der Waals surface area contributed by atoms with E-state index in [0.717, 1.165) is 42.9 Å². The second-order valence-corrected chi connectivity index (χ2v) is 5.06. The Hall–Kier alpha value is -1.79. The van der Waals surface area contributed by atoms with Gasteiger partial charge < -0.3 is 20.6 Å². The van der Waals surface area contributed by atoms with Crippen molar-refractivity contribution in [1.82, 2.24) is 20.2 Å². The largest absolute Gasteiger partial charge is 0.383 e. The van der Waals surface area contributed by atoms with Crippen molar-refractivity contribution in [2.45, 2.75) is 6.04 Å². The summed E-state index contributed by atoms with van der Waals surface area (Å²) < 4.78 is 0. The van der Waals surface area contributed by atoms with E-state index in [1.165, 1.54) is 0 Å². The zero-order chi connectivity index (χ0) is 13.2. The Bertz CT molecular complexity index is 617. The maximum Gasteiger partial charge on any atom is 0.323 e. The molecule has 0 bridgehead atoms. The molecule has 6 heteroatoms. The van der Waals surface area contributed by atoms with E-state index in [1.807, 2.05) is 18.2 Å². The van der Waals surface area contributed by atoms with Gasteiger partial charge >= 0.3 is 5.69 Å². The summed E-state index contributed by atoms with van der Waals surface area (Å²) in [5.41, 5.74) is 2.54. The molecule has 1 fully saturated rings. The van der Waals surface area contributed by atoms with Gasteiger partial charge in [0.2, 0.25) is 0 Å². The first-order chi connectivity index (χ1) is 9.22. The van der Waals surface area contributed by atoms with Crippen molar-refractivity contribution in [1.29, 1.82) is 0 Å². The van der Waals surface area contributed by atoms with Crippen LogP contribution in [-0.2, 0) is 0 Å². The summed E-state index contributed by atoms with van der Waals surface area (Å²) in [6, 6.07) is 6.36. The lowest BCUT2D eigenvalue weighted by Crippen LogP contribution is -2.52. The smallest absolute Gasteiger partial charge is 0.323 e. The van der Waals surface area contributed by atoms with Gasteiger partial charge in [-0.05, 0) is 25.2 Å². The molecule has 1 unspecified atom stereocenters. The highest BCUT2D eigenvalue weighted by molar-refractivity contribution is 5.78. The third-order valence-electron chi connectivity index (χ3n) is 3.70. The minimum Gasteiger partial charge on any atom is -0.383 e. The number of hydrogen-bond acceptors (Lipinski definition) is 4. The number of nitrogens with one attached hydrogen (secondary N) is 4. The summed E-state index contributed by atoms with van der Waals surface area (Å²) in [5, 5.41) is 6.83. The lowest BCUT2D eigenvalue weighted by molar-refractivity contribution is 0.209. The van der Waals surface area contributed by atoms with E-state index in [4.69, 9.17) is 0 Å². The average Bonchev–Trinajstić information content (AvgIpc) is 2.77. The van der Waals surface area contributed by atoms with E-state index in [1.54, 1.807) is 0 Å². The Morgan fingerprint density at radius 3 is 3.05 bits per heavy atom. The number of nitrogens with zero attached hydrogens (tertiary/aromatic N) is 1. The molecule has 102 valence electrons. The molecule has 0 saturated carbocycles. The van der Waals surface area contributed by atoms with Crippen molar-refractivity contribution in [3.8, 4) is 0 Å². The van der Waals surface area contributed by atoms with Gasteiger partial charge in [-0.1, -0.05) is 0 Å². The maximum absolute atomic E-state index is 11.2. The predicted molar refractivity (Wildman–Crippen MR) is 76.7 cm³/mol. The number of hydrogen-bond donors (Lipinski definition) is 4. The van der Waals surface area contributed by atoms with Crippen molar-refractivity contribution < 1.29 is 0 Å². The molecule has 2 aromatic rings. The highest BCUT2D eigenvalue weighted by Crippen LogP contribution is 2.14. The summed E-state index contributed by atoms with van der Waals surface area (Å²) in [6.07, 6.45) is 0. The van der Waals surface area contributed by atoms with Gasteiger partial charge in [0.25, 0.3) is 0 Å². The normalized spacial score (nSPS) is 20.8. The lowest BCUT2D eigenvalue weighted by atomic mass is 10.2. The number of imidazole rings is 1. The summed E-state index contributed by atoms with van der Waals surface area (Å²) in [7, 11) is 2.15. The van der Waals surface area contributed by atoms with Crippen LogP contribution < -0.4 is 16.3 Å². The first kappa shape index (κ1) is 12.3. The van der Waals surface area contributed by atoms with Crippen LogP contribution in [0.3, 0.4) is 0 Å². The Labute approximate surface area is 111 Å². The van der Waals surface area contributed by atoms with E-state index < -0.39 is 0 Å². The first-order valence-corrected chi connectivity index (χ1v) is 6.59. The number of aromatic nitrogens is 2. The maximum atomic E-state index is 11.2. The number of fused-ring (bicyclic) bond motifs is 1. The molecule has 4 N–H and O–H groups in total. The van der Waals surface area contributed by atoms with Gasteiger partial charge in [0.15, 0.2) is 0 Å². The fourth-order valence-electron chi connectivity index (χ4n) is 2.47. The molecule has 1 atom stereocenters. The van der Waals surface area contributed by atoms with Crippen LogP contribution in [0.15, 0.2) is 23.0 Å². The molecule has 1 saturated heterocycles. The van der Waals surface area contributed by atoms with Crippen molar-refractivity contribution in [2.75, 3.05) is 38.5 Å². The highest BCUT2D eigenvalue weighted by atomic mass is 16.1. The number of H-pyrrole nitrogens is 2. The highest BCUT2D eigenvalue weighted by Gasteiger charge is 2.17. The quantitative estimate of drug-likeness (QED) is 0.635. The van der Waals surface area contributed by atoms with Gasteiger partial charge in [-0.25, -0.2) is 4.79 Å². The van der Waals surface area contributed by atoms with Gasteiger partial charge in [0.05, 0.1) is 11.0 Å². The number of piperazine rings is 1. The minimum absolute atomic E-state index is 0.164. The van der Waals surface area contributed by atoms with Gasteiger partial charge in [-0.2, -0.15) is 0 Å². The van der Waals surface area contributed by atoms with Gasteiger partial charge in [0.1, 0.15) is 0 Å². The van der Waals surface area contributed by atoms with Crippen LogP contribution in [0, 0.1) is 0 Å². The fraction of sp³-hybridized carbons (Fsp3) is 0.462. The average molecular weight is 261 g/mol. The Morgan fingerprint density at radius 2 is 2.21 bits per heavy atom.